The van der Waals surface area contributed by atoms with Crippen LogP contribution >= 0.6 is 0 Å². The van der Waals surface area contributed by atoms with Gasteiger partial charge in [0.15, 0.2) is 0 Å². The Bertz CT molecular complexity index is 260. The van der Waals surface area contributed by atoms with Crippen molar-refractivity contribution < 1.29 is 14.3 Å². The van der Waals surface area contributed by atoms with E-state index in [4.69, 9.17) is 4.74 Å². The molecule has 5 heteroatoms. The third kappa shape index (κ3) is 3.72. The van der Waals surface area contributed by atoms with E-state index in [2.05, 4.69) is 5.32 Å². The fourth-order valence-corrected chi connectivity index (χ4v) is 1.70. The molecular weight excluding hydrogens is 208 g/mol. The molecular formula is C11H20N2O3. The molecule has 5 nitrogen and oxygen atoms in total. The summed E-state index contributed by atoms with van der Waals surface area (Å²) in [4.78, 5) is 24.9. The number of ether oxygens (including phenoxy) is 1. The largest absolute Gasteiger partial charge is 0.447 e. The summed E-state index contributed by atoms with van der Waals surface area (Å²) in [6.07, 6.45) is 1.40. The van der Waals surface area contributed by atoms with Crippen molar-refractivity contribution in [3.63, 3.8) is 0 Å². The molecule has 0 aromatic heterocycles. The van der Waals surface area contributed by atoms with Crippen LogP contribution in [0.4, 0.5) is 4.79 Å². The van der Waals surface area contributed by atoms with Gasteiger partial charge in [0.25, 0.3) is 0 Å². The SMILES string of the molecule is CC(C)OC(=O)NC(C)C(=O)N1CCCC1. The second-order valence-electron chi connectivity index (χ2n) is 4.35. The molecule has 0 radical (unpaired) electrons. The topological polar surface area (TPSA) is 58.6 Å². The Labute approximate surface area is 96.1 Å². The number of alkyl carbamates (subject to hydrolysis) is 1. The summed E-state index contributed by atoms with van der Waals surface area (Å²) in [6.45, 7) is 6.81. The van der Waals surface area contributed by atoms with Gasteiger partial charge >= 0.3 is 6.09 Å². The molecule has 16 heavy (non-hydrogen) atoms. The van der Waals surface area contributed by atoms with E-state index in [0.29, 0.717) is 0 Å². The molecule has 92 valence electrons. The molecule has 1 atom stereocenters. The number of hydrogen-bond acceptors (Lipinski definition) is 3. The van der Waals surface area contributed by atoms with Crippen LogP contribution in [-0.4, -0.2) is 42.1 Å². The van der Waals surface area contributed by atoms with E-state index in [1.54, 1.807) is 25.7 Å². The summed E-state index contributed by atoms with van der Waals surface area (Å²) in [5.74, 6) is -0.0294. The third-order valence-electron chi connectivity index (χ3n) is 2.47. The zero-order valence-corrected chi connectivity index (χ0v) is 10.2. The van der Waals surface area contributed by atoms with Crippen molar-refractivity contribution in [3.8, 4) is 0 Å². The lowest BCUT2D eigenvalue weighted by Crippen LogP contribution is -2.46. The number of nitrogens with zero attached hydrogens (tertiary/aromatic N) is 1. The maximum Gasteiger partial charge on any atom is 0.408 e. The molecule has 0 aliphatic carbocycles. The van der Waals surface area contributed by atoms with E-state index >= 15 is 0 Å². The summed E-state index contributed by atoms with van der Waals surface area (Å²) in [5.41, 5.74) is 0. The third-order valence-corrected chi connectivity index (χ3v) is 2.47. The minimum Gasteiger partial charge on any atom is -0.447 e. The first-order chi connectivity index (χ1) is 7.50. The van der Waals surface area contributed by atoms with E-state index in [-0.39, 0.29) is 12.0 Å². The first-order valence-corrected chi connectivity index (χ1v) is 5.76. The van der Waals surface area contributed by atoms with Crippen LogP contribution < -0.4 is 5.32 Å². The summed E-state index contributed by atoms with van der Waals surface area (Å²) in [6, 6.07) is -0.510. The van der Waals surface area contributed by atoms with Gasteiger partial charge in [-0.15, -0.1) is 0 Å². The van der Waals surface area contributed by atoms with Gasteiger partial charge in [-0.05, 0) is 33.6 Å². The van der Waals surface area contributed by atoms with Crippen LogP contribution in [0, 0.1) is 0 Å². The Morgan fingerprint density at radius 1 is 1.19 bits per heavy atom. The minimum absolute atomic E-state index is 0.0294. The fraction of sp³-hybridized carbons (Fsp3) is 0.818. The Morgan fingerprint density at radius 3 is 2.25 bits per heavy atom. The predicted molar refractivity (Wildman–Crippen MR) is 60.0 cm³/mol. The van der Waals surface area contributed by atoms with Crippen LogP contribution in [-0.2, 0) is 9.53 Å². The van der Waals surface area contributed by atoms with Crippen LogP contribution in [0.5, 0.6) is 0 Å². The molecule has 1 unspecified atom stereocenters. The molecule has 0 aromatic carbocycles. The number of nitrogens with one attached hydrogen (secondary N) is 1. The summed E-state index contributed by atoms with van der Waals surface area (Å²) < 4.78 is 4.91. The predicted octanol–water partition coefficient (Wildman–Crippen LogP) is 1.13. The molecule has 1 aliphatic rings. The number of amides is 2. The van der Waals surface area contributed by atoms with Crippen molar-refractivity contribution in [3.05, 3.63) is 0 Å². The first kappa shape index (κ1) is 12.8. The molecule has 1 saturated heterocycles. The monoisotopic (exact) mass is 228 g/mol. The van der Waals surface area contributed by atoms with E-state index in [0.717, 1.165) is 25.9 Å². The van der Waals surface area contributed by atoms with E-state index in [1.165, 1.54) is 0 Å². The fourth-order valence-electron chi connectivity index (χ4n) is 1.70. The molecule has 1 N–H and O–H groups in total. The van der Waals surface area contributed by atoms with Crippen molar-refractivity contribution in [2.24, 2.45) is 0 Å². The maximum atomic E-state index is 11.8. The average molecular weight is 228 g/mol. The lowest BCUT2D eigenvalue weighted by molar-refractivity contribution is -0.131. The van der Waals surface area contributed by atoms with Gasteiger partial charge < -0.3 is 15.0 Å². The molecule has 1 heterocycles. The molecule has 0 aromatic rings. The lowest BCUT2D eigenvalue weighted by atomic mass is 10.3. The van der Waals surface area contributed by atoms with Gasteiger partial charge in [0.1, 0.15) is 6.04 Å². The van der Waals surface area contributed by atoms with Crippen molar-refractivity contribution in [1.82, 2.24) is 10.2 Å². The highest BCUT2D eigenvalue weighted by molar-refractivity contribution is 5.85. The smallest absolute Gasteiger partial charge is 0.408 e. The second kappa shape index (κ2) is 5.72. The molecule has 1 rings (SSSR count). The number of rotatable bonds is 3. The first-order valence-electron chi connectivity index (χ1n) is 5.76. The zero-order valence-electron chi connectivity index (χ0n) is 10.2. The second-order valence-corrected chi connectivity index (χ2v) is 4.35. The van der Waals surface area contributed by atoms with Crippen LogP contribution in [0.3, 0.4) is 0 Å². The van der Waals surface area contributed by atoms with Gasteiger partial charge in [0.2, 0.25) is 5.91 Å². The lowest BCUT2D eigenvalue weighted by Gasteiger charge is -2.21. The summed E-state index contributed by atoms with van der Waals surface area (Å²) in [5, 5.41) is 2.54. The normalized spacial score (nSPS) is 17.4. The highest BCUT2D eigenvalue weighted by Crippen LogP contribution is 2.09. The Kier molecular flexibility index (Phi) is 4.58. The number of carbonyl (C=O) groups excluding carboxylic acids is 2. The van der Waals surface area contributed by atoms with Crippen LogP contribution in [0.2, 0.25) is 0 Å². The highest BCUT2D eigenvalue weighted by atomic mass is 16.6. The molecule has 0 spiro atoms. The van der Waals surface area contributed by atoms with Crippen LogP contribution in [0.15, 0.2) is 0 Å². The van der Waals surface area contributed by atoms with Gasteiger partial charge in [0.05, 0.1) is 6.10 Å². The number of likely N-dealkylation sites (tertiary alicyclic amines) is 1. The number of carbonyl (C=O) groups is 2. The quantitative estimate of drug-likeness (QED) is 0.787. The van der Waals surface area contributed by atoms with Gasteiger partial charge in [-0.25, -0.2) is 4.79 Å². The van der Waals surface area contributed by atoms with Gasteiger partial charge in [-0.1, -0.05) is 0 Å². The van der Waals surface area contributed by atoms with E-state index < -0.39 is 12.1 Å². The molecule has 2 amide bonds. The van der Waals surface area contributed by atoms with Crippen molar-refractivity contribution in [1.29, 1.82) is 0 Å². The van der Waals surface area contributed by atoms with Crippen molar-refractivity contribution in [2.75, 3.05) is 13.1 Å². The Hall–Kier alpha value is -1.26. The highest BCUT2D eigenvalue weighted by Gasteiger charge is 2.24. The van der Waals surface area contributed by atoms with Gasteiger partial charge in [-0.2, -0.15) is 0 Å². The molecule has 1 fully saturated rings. The summed E-state index contributed by atoms with van der Waals surface area (Å²) >= 11 is 0. The van der Waals surface area contributed by atoms with Crippen molar-refractivity contribution in [2.45, 2.75) is 45.8 Å². The number of hydrogen-bond donors (Lipinski definition) is 1. The average Bonchev–Trinajstić information content (AvgIpc) is 2.67. The van der Waals surface area contributed by atoms with E-state index in [1.807, 2.05) is 0 Å². The Balaban J connectivity index is 2.35. The van der Waals surface area contributed by atoms with Gasteiger partial charge in [-0.3, -0.25) is 4.79 Å². The van der Waals surface area contributed by atoms with Gasteiger partial charge in [0, 0.05) is 13.1 Å². The molecule has 0 saturated carbocycles. The van der Waals surface area contributed by atoms with E-state index in [9.17, 15) is 9.59 Å². The zero-order chi connectivity index (χ0) is 12.1. The molecule has 1 aliphatic heterocycles. The van der Waals surface area contributed by atoms with Crippen LogP contribution in [0.1, 0.15) is 33.6 Å². The molecule has 0 bridgehead atoms. The standard InChI is InChI=1S/C11H20N2O3/c1-8(2)16-11(15)12-9(3)10(14)13-6-4-5-7-13/h8-9H,4-7H2,1-3H3,(H,12,15). The Morgan fingerprint density at radius 2 is 1.75 bits per heavy atom. The van der Waals surface area contributed by atoms with Crippen LogP contribution in [0.25, 0.3) is 0 Å². The minimum atomic E-state index is -0.532. The summed E-state index contributed by atoms with van der Waals surface area (Å²) in [7, 11) is 0. The van der Waals surface area contributed by atoms with Crippen molar-refractivity contribution >= 4 is 12.0 Å². The maximum absolute atomic E-state index is 11.8.